The smallest absolute Gasteiger partial charge is 0.339 e. The van der Waals surface area contributed by atoms with Gasteiger partial charge in [-0.2, -0.15) is 0 Å². The Labute approximate surface area is 118 Å². The molecule has 0 amide bonds. The molecule has 0 N–H and O–H groups in total. The number of esters is 1. The number of hydrogen-bond acceptors (Lipinski definition) is 4. The molecule has 0 aliphatic heterocycles. The third kappa shape index (κ3) is 2.77. The highest BCUT2D eigenvalue weighted by Crippen LogP contribution is 2.27. The first-order valence-corrected chi connectivity index (χ1v) is 6.50. The maximum atomic E-state index is 11.8. The fraction of sp³-hybridized carbons (Fsp3) is 0.400. The van der Waals surface area contributed by atoms with Gasteiger partial charge in [-0.05, 0) is 31.5 Å². The molecule has 2 aromatic heterocycles. The molecule has 0 unspecified atom stereocenters. The molecule has 0 aliphatic rings. The van der Waals surface area contributed by atoms with Gasteiger partial charge in [0.1, 0.15) is 5.76 Å². The van der Waals surface area contributed by atoms with Crippen LogP contribution in [-0.4, -0.2) is 31.4 Å². The number of ether oxygens (including phenoxy) is 2. The van der Waals surface area contributed by atoms with Gasteiger partial charge in [0.25, 0.3) is 0 Å². The van der Waals surface area contributed by atoms with Crippen molar-refractivity contribution in [3.05, 3.63) is 35.7 Å². The van der Waals surface area contributed by atoms with Gasteiger partial charge in [0.15, 0.2) is 0 Å². The van der Waals surface area contributed by atoms with Crippen LogP contribution in [0, 0.1) is 6.92 Å². The summed E-state index contributed by atoms with van der Waals surface area (Å²) in [7, 11) is 3.06. The van der Waals surface area contributed by atoms with Crippen molar-refractivity contribution in [3.8, 4) is 11.5 Å². The van der Waals surface area contributed by atoms with Crippen molar-refractivity contribution >= 4 is 5.97 Å². The lowest BCUT2D eigenvalue weighted by Gasteiger charge is -2.10. The summed E-state index contributed by atoms with van der Waals surface area (Å²) in [5.74, 6) is 0.404. The summed E-state index contributed by atoms with van der Waals surface area (Å²) in [6.45, 7) is 3.33. The van der Waals surface area contributed by atoms with Crippen LogP contribution in [0.2, 0.25) is 0 Å². The molecular weight excluding hydrogens is 258 g/mol. The largest absolute Gasteiger partial charge is 0.465 e. The van der Waals surface area contributed by atoms with Crippen LogP contribution in [0.5, 0.6) is 0 Å². The topological polar surface area (TPSA) is 53.6 Å². The van der Waals surface area contributed by atoms with Crippen LogP contribution in [0.4, 0.5) is 0 Å². The van der Waals surface area contributed by atoms with Gasteiger partial charge in [-0.15, -0.1) is 0 Å². The van der Waals surface area contributed by atoms with Crippen molar-refractivity contribution in [1.29, 1.82) is 0 Å². The zero-order chi connectivity index (χ0) is 14.5. The number of carbonyl (C=O) groups is 1. The zero-order valence-corrected chi connectivity index (χ0v) is 12.0. The fourth-order valence-corrected chi connectivity index (χ4v) is 2.25. The maximum absolute atomic E-state index is 11.8. The first-order chi connectivity index (χ1) is 9.69. The van der Waals surface area contributed by atoms with E-state index in [4.69, 9.17) is 13.9 Å². The van der Waals surface area contributed by atoms with Gasteiger partial charge in [-0.25, -0.2) is 4.79 Å². The molecule has 0 spiro atoms. The molecule has 2 heterocycles. The predicted molar refractivity (Wildman–Crippen MR) is 74.7 cm³/mol. The monoisotopic (exact) mass is 277 g/mol. The molecule has 0 aliphatic carbocycles. The highest BCUT2D eigenvalue weighted by Gasteiger charge is 2.19. The van der Waals surface area contributed by atoms with Crippen LogP contribution in [0.1, 0.15) is 22.5 Å². The summed E-state index contributed by atoms with van der Waals surface area (Å²) in [4.78, 5) is 11.8. The van der Waals surface area contributed by atoms with Crippen molar-refractivity contribution in [3.63, 3.8) is 0 Å². The normalized spacial score (nSPS) is 10.8. The molecule has 0 radical (unpaired) electrons. The molecule has 0 saturated heterocycles. The predicted octanol–water partition coefficient (Wildman–Crippen LogP) is 2.88. The third-order valence-corrected chi connectivity index (χ3v) is 3.28. The minimum atomic E-state index is -0.333. The van der Waals surface area contributed by atoms with Crippen molar-refractivity contribution in [2.75, 3.05) is 20.8 Å². The molecule has 5 heteroatoms. The Bertz CT molecular complexity index is 569. The van der Waals surface area contributed by atoms with Crippen molar-refractivity contribution in [2.24, 2.45) is 0 Å². The van der Waals surface area contributed by atoms with Gasteiger partial charge in [-0.1, -0.05) is 0 Å². The maximum Gasteiger partial charge on any atom is 0.339 e. The summed E-state index contributed by atoms with van der Waals surface area (Å²) >= 11 is 0. The van der Waals surface area contributed by atoms with Gasteiger partial charge in [0, 0.05) is 26.0 Å². The first kappa shape index (κ1) is 14.4. The number of rotatable bonds is 6. The number of hydrogen-bond donors (Lipinski definition) is 0. The molecule has 2 rings (SSSR count). The van der Waals surface area contributed by atoms with E-state index < -0.39 is 0 Å². The van der Waals surface area contributed by atoms with Crippen LogP contribution in [0.15, 0.2) is 28.9 Å². The highest BCUT2D eigenvalue weighted by molar-refractivity contribution is 5.92. The summed E-state index contributed by atoms with van der Waals surface area (Å²) in [6, 6.07) is 5.52. The van der Waals surface area contributed by atoms with Gasteiger partial charge >= 0.3 is 5.97 Å². The summed E-state index contributed by atoms with van der Waals surface area (Å²) in [5.41, 5.74) is 2.32. The summed E-state index contributed by atoms with van der Waals surface area (Å²) in [5, 5.41) is 0. The van der Waals surface area contributed by atoms with E-state index in [0.717, 1.165) is 30.1 Å². The number of aromatic nitrogens is 1. The summed E-state index contributed by atoms with van der Waals surface area (Å²) in [6.07, 6.45) is 2.48. The van der Waals surface area contributed by atoms with E-state index >= 15 is 0 Å². The van der Waals surface area contributed by atoms with Crippen LogP contribution < -0.4 is 0 Å². The zero-order valence-electron chi connectivity index (χ0n) is 12.0. The SMILES string of the molecule is COCCCn1c(-c2ccco2)cc(C(=O)OC)c1C. The van der Waals surface area contributed by atoms with E-state index in [0.29, 0.717) is 12.2 Å². The number of methoxy groups -OCH3 is 2. The van der Waals surface area contributed by atoms with Gasteiger partial charge in [0.2, 0.25) is 0 Å². The molecular formula is C15H19NO4. The first-order valence-electron chi connectivity index (χ1n) is 6.50. The third-order valence-electron chi connectivity index (χ3n) is 3.28. The lowest BCUT2D eigenvalue weighted by Crippen LogP contribution is -2.07. The van der Waals surface area contributed by atoms with E-state index in [1.54, 1.807) is 13.4 Å². The Hall–Kier alpha value is -2.01. The standard InChI is InChI=1S/C15H19NO4/c1-11-12(15(17)19-3)10-13(14-6-4-9-20-14)16(11)7-5-8-18-2/h4,6,9-10H,5,7-8H2,1-3H3. The lowest BCUT2D eigenvalue weighted by atomic mass is 10.2. The van der Waals surface area contributed by atoms with E-state index in [1.165, 1.54) is 7.11 Å². The Morgan fingerprint density at radius 2 is 2.20 bits per heavy atom. The lowest BCUT2D eigenvalue weighted by molar-refractivity contribution is 0.0600. The Morgan fingerprint density at radius 1 is 1.40 bits per heavy atom. The second kappa shape index (κ2) is 6.43. The van der Waals surface area contributed by atoms with Gasteiger partial charge in [0.05, 0.1) is 24.6 Å². The molecule has 20 heavy (non-hydrogen) atoms. The Kier molecular flexibility index (Phi) is 4.63. The Balaban J connectivity index is 2.40. The molecule has 108 valence electrons. The minimum Gasteiger partial charge on any atom is -0.465 e. The van der Waals surface area contributed by atoms with Crippen molar-refractivity contribution in [1.82, 2.24) is 4.57 Å². The molecule has 5 nitrogen and oxygen atoms in total. The Morgan fingerprint density at radius 3 is 2.80 bits per heavy atom. The van der Waals surface area contributed by atoms with Crippen LogP contribution in [0.3, 0.4) is 0 Å². The minimum absolute atomic E-state index is 0.333. The second-order valence-electron chi connectivity index (χ2n) is 4.50. The van der Waals surface area contributed by atoms with Crippen LogP contribution in [0.25, 0.3) is 11.5 Å². The second-order valence-corrected chi connectivity index (χ2v) is 4.50. The van der Waals surface area contributed by atoms with Crippen LogP contribution in [-0.2, 0) is 16.0 Å². The average molecular weight is 277 g/mol. The quantitative estimate of drug-likeness (QED) is 0.602. The number of carbonyl (C=O) groups excluding carboxylic acids is 1. The summed E-state index contributed by atoms with van der Waals surface area (Å²) < 4.78 is 17.4. The molecule has 0 bridgehead atoms. The van der Waals surface area contributed by atoms with E-state index in [-0.39, 0.29) is 5.97 Å². The number of furan rings is 1. The van der Waals surface area contributed by atoms with E-state index in [1.807, 2.05) is 25.1 Å². The number of nitrogens with zero attached hydrogens (tertiary/aromatic N) is 1. The van der Waals surface area contributed by atoms with Gasteiger partial charge < -0.3 is 18.5 Å². The molecule has 0 aromatic carbocycles. The fourth-order valence-electron chi connectivity index (χ4n) is 2.25. The molecule has 0 fully saturated rings. The van der Waals surface area contributed by atoms with Gasteiger partial charge in [-0.3, -0.25) is 0 Å². The molecule has 2 aromatic rings. The highest BCUT2D eigenvalue weighted by atomic mass is 16.5. The van der Waals surface area contributed by atoms with Crippen molar-refractivity contribution < 1.29 is 18.7 Å². The van der Waals surface area contributed by atoms with E-state index in [9.17, 15) is 4.79 Å². The van der Waals surface area contributed by atoms with E-state index in [2.05, 4.69) is 4.57 Å². The van der Waals surface area contributed by atoms with Crippen LogP contribution >= 0.6 is 0 Å². The molecule has 0 atom stereocenters. The molecule has 0 saturated carbocycles. The van der Waals surface area contributed by atoms with Crippen molar-refractivity contribution in [2.45, 2.75) is 19.9 Å². The average Bonchev–Trinajstić information content (AvgIpc) is 3.07.